The zero-order chi connectivity index (χ0) is 19.2. The Balaban J connectivity index is 1.83. The largest absolute Gasteiger partial charge is 0.493 e. The van der Waals surface area contributed by atoms with Crippen LogP contribution in [0.4, 0.5) is 5.82 Å². The molecular formula is C20H21N3O4. The van der Waals surface area contributed by atoms with Crippen molar-refractivity contribution >= 4 is 11.7 Å². The highest BCUT2D eigenvalue weighted by Crippen LogP contribution is 2.38. The van der Waals surface area contributed by atoms with Gasteiger partial charge in [0.05, 0.1) is 34.1 Å². The summed E-state index contributed by atoms with van der Waals surface area (Å²) in [5, 5.41) is 7.16. The van der Waals surface area contributed by atoms with Crippen molar-refractivity contribution < 1.29 is 19.0 Å². The zero-order valence-corrected chi connectivity index (χ0v) is 15.4. The molecule has 1 N–H and O–H groups in total. The Morgan fingerprint density at radius 3 is 2.26 bits per heavy atom. The topological polar surface area (TPSA) is 74.6 Å². The van der Waals surface area contributed by atoms with E-state index in [2.05, 4.69) is 10.4 Å². The summed E-state index contributed by atoms with van der Waals surface area (Å²) in [4.78, 5) is 12.7. The summed E-state index contributed by atoms with van der Waals surface area (Å²) in [6.45, 7) is 0.554. The van der Waals surface area contributed by atoms with E-state index in [1.807, 2.05) is 30.3 Å². The van der Waals surface area contributed by atoms with Gasteiger partial charge >= 0.3 is 0 Å². The maximum Gasteiger partial charge on any atom is 0.257 e. The van der Waals surface area contributed by atoms with Crippen LogP contribution in [0.25, 0.3) is 0 Å². The molecule has 27 heavy (non-hydrogen) atoms. The summed E-state index contributed by atoms with van der Waals surface area (Å²) in [6.07, 6.45) is 1.65. The predicted molar refractivity (Wildman–Crippen MR) is 102 cm³/mol. The number of amides is 1. The predicted octanol–water partition coefficient (Wildman–Crippen LogP) is 3.21. The summed E-state index contributed by atoms with van der Waals surface area (Å²) >= 11 is 0. The maximum atomic E-state index is 12.7. The number of nitrogens with zero attached hydrogens (tertiary/aromatic N) is 2. The first-order valence-corrected chi connectivity index (χ1v) is 8.33. The van der Waals surface area contributed by atoms with E-state index >= 15 is 0 Å². The molecule has 0 radical (unpaired) electrons. The molecule has 2 aromatic carbocycles. The average molecular weight is 367 g/mol. The number of benzene rings is 2. The number of methoxy groups -OCH3 is 3. The lowest BCUT2D eigenvalue weighted by molar-refractivity contribution is 0.102. The van der Waals surface area contributed by atoms with Crippen molar-refractivity contribution in [3.05, 3.63) is 65.9 Å². The molecule has 1 heterocycles. The molecule has 1 aromatic heterocycles. The summed E-state index contributed by atoms with van der Waals surface area (Å²) in [7, 11) is 4.53. The molecule has 0 saturated heterocycles. The minimum absolute atomic E-state index is 0.302. The molecule has 0 aliphatic rings. The zero-order valence-electron chi connectivity index (χ0n) is 15.4. The summed E-state index contributed by atoms with van der Waals surface area (Å²) < 4.78 is 17.6. The van der Waals surface area contributed by atoms with Gasteiger partial charge < -0.3 is 19.5 Å². The smallest absolute Gasteiger partial charge is 0.257 e. The molecule has 3 rings (SSSR count). The molecule has 7 heteroatoms. The fraction of sp³-hybridized carbons (Fsp3) is 0.200. The molecule has 140 valence electrons. The standard InChI is InChI=1S/C20H21N3O4/c1-25-16-11-15(12-17(26-2)19(16)27-3)20(24)22-18-9-10-21-23(18)13-14-7-5-4-6-8-14/h4-12H,13H2,1-3H3,(H,22,24). The van der Waals surface area contributed by atoms with E-state index < -0.39 is 0 Å². The Morgan fingerprint density at radius 1 is 1.00 bits per heavy atom. The molecule has 0 aliphatic carbocycles. The number of rotatable bonds is 7. The van der Waals surface area contributed by atoms with Gasteiger partial charge in [0.1, 0.15) is 5.82 Å². The van der Waals surface area contributed by atoms with Gasteiger partial charge in [0.2, 0.25) is 5.75 Å². The SMILES string of the molecule is COc1cc(C(=O)Nc2ccnn2Cc2ccccc2)cc(OC)c1OC. The molecule has 0 unspecified atom stereocenters. The van der Waals surface area contributed by atoms with Gasteiger partial charge in [0, 0.05) is 11.6 Å². The summed E-state index contributed by atoms with van der Waals surface area (Å²) in [5.41, 5.74) is 1.47. The van der Waals surface area contributed by atoms with Crippen LogP contribution in [-0.2, 0) is 6.54 Å². The van der Waals surface area contributed by atoms with Gasteiger partial charge in [0.15, 0.2) is 11.5 Å². The van der Waals surface area contributed by atoms with Crippen molar-refractivity contribution in [1.29, 1.82) is 0 Å². The number of carbonyl (C=O) groups is 1. The average Bonchev–Trinajstić information content (AvgIpc) is 3.13. The van der Waals surface area contributed by atoms with Crippen LogP contribution in [-0.4, -0.2) is 37.0 Å². The number of carbonyl (C=O) groups excluding carboxylic acids is 1. The molecule has 0 fully saturated rings. The van der Waals surface area contributed by atoms with Crippen LogP contribution in [0.5, 0.6) is 17.2 Å². The third-order valence-corrected chi connectivity index (χ3v) is 4.06. The minimum atomic E-state index is -0.302. The van der Waals surface area contributed by atoms with Gasteiger partial charge in [-0.2, -0.15) is 5.10 Å². The third kappa shape index (κ3) is 4.03. The number of aromatic nitrogens is 2. The van der Waals surface area contributed by atoms with Crippen LogP contribution in [0.15, 0.2) is 54.7 Å². The molecule has 3 aromatic rings. The molecule has 0 spiro atoms. The van der Waals surface area contributed by atoms with Gasteiger partial charge in [-0.05, 0) is 17.7 Å². The van der Waals surface area contributed by atoms with Crippen molar-refractivity contribution in [1.82, 2.24) is 9.78 Å². The van der Waals surface area contributed by atoms with Crippen LogP contribution in [0.2, 0.25) is 0 Å². The Hall–Kier alpha value is -3.48. The van der Waals surface area contributed by atoms with Crippen LogP contribution >= 0.6 is 0 Å². The number of ether oxygens (including phenoxy) is 3. The second-order valence-electron chi connectivity index (χ2n) is 5.73. The monoisotopic (exact) mass is 367 g/mol. The van der Waals surface area contributed by atoms with Crippen LogP contribution in [0.1, 0.15) is 15.9 Å². The van der Waals surface area contributed by atoms with Crippen molar-refractivity contribution in [3.8, 4) is 17.2 Å². The van der Waals surface area contributed by atoms with Gasteiger partial charge in [-0.1, -0.05) is 30.3 Å². The quantitative estimate of drug-likeness (QED) is 0.694. The minimum Gasteiger partial charge on any atom is -0.493 e. The first-order valence-electron chi connectivity index (χ1n) is 8.33. The number of hydrogen-bond acceptors (Lipinski definition) is 5. The number of nitrogens with one attached hydrogen (secondary N) is 1. The molecule has 0 bridgehead atoms. The van der Waals surface area contributed by atoms with Gasteiger partial charge in [-0.15, -0.1) is 0 Å². The lowest BCUT2D eigenvalue weighted by atomic mass is 10.1. The summed E-state index contributed by atoms with van der Waals surface area (Å²) in [5.74, 6) is 1.56. The summed E-state index contributed by atoms with van der Waals surface area (Å²) in [6, 6.07) is 14.9. The first-order chi connectivity index (χ1) is 13.2. The molecule has 7 nitrogen and oxygen atoms in total. The van der Waals surface area contributed by atoms with Crippen LogP contribution < -0.4 is 19.5 Å². The maximum absolute atomic E-state index is 12.7. The molecule has 1 amide bonds. The highest BCUT2D eigenvalue weighted by Gasteiger charge is 2.18. The molecule has 0 aliphatic heterocycles. The fourth-order valence-corrected chi connectivity index (χ4v) is 2.72. The van der Waals surface area contributed by atoms with Gasteiger partial charge in [-0.3, -0.25) is 4.79 Å². The lowest BCUT2D eigenvalue weighted by Gasteiger charge is -2.14. The van der Waals surface area contributed by atoms with Crippen LogP contribution in [0, 0.1) is 0 Å². The van der Waals surface area contributed by atoms with Crippen LogP contribution in [0.3, 0.4) is 0 Å². The molecule has 0 atom stereocenters. The fourth-order valence-electron chi connectivity index (χ4n) is 2.72. The van der Waals surface area contributed by atoms with Gasteiger partial charge in [-0.25, -0.2) is 4.68 Å². The van der Waals surface area contributed by atoms with Crippen molar-refractivity contribution in [2.24, 2.45) is 0 Å². The van der Waals surface area contributed by atoms with E-state index in [9.17, 15) is 4.79 Å². The molecule has 0 saturated carbocycles. The van der Waals surface area contributed by atoms with E-state index in [1.165, 1.54) is 21.3 Å². The molecular weight excluding hydrogens is 346 g/mol. The lowest BCUT2D eigenvalue weighted by Crippen LogP contribution is -2.16. The second kappa shape index (κ2) is 8.27. The van der Waals surface area contributed by atoms with E-state index in [4.69, 9.17) is 14.2 Å². The van der Waals surface area contributed by atoms with Crippen molar-refractivity contribution in [2.45, 2.75) is 6.54 Å². The third-order valence-electron chi connectivity index (χ3n) is 4.06. The van der Waals surface area contributed by atoms with E-state index in [1.54, 1.807) is 29.1 Å². The normalized spacial score (nSPS) is 10.3. The van der Waals surface area contributed by atoms with E-state index in [0.29, 0.717) is 35.2 Å². The Kier molecular flexibility index (Phi) is 5.61. The highest BCUT2D eigenvalue weighted by atomic mass is 16.5. The number of anilines is 1. The van der Waals surface area contributed by atoms with Crippen molar-refractivity contribution in [3.63, 3.8) is 0 Å². The number of hydrogen-bond donors (Lipinski definition) is 1. The van der Waals surface area contributed by atoms with Gasteiger partial charge in [0.25, 0.3) is 5.91 Å². The first kappa shape index (κ1) is 18.3. The highest BCUT2D eigenvalue weighted by molar-refractivity contribution is 6.04. The Morgan fingerprint density at radius 2 is 1.67 bits per heavy atom. The van der Waals surface area contributed by atoms with E-state index in [0.717, 1.165) is 5.56 Å². The Labute approximate surface area is 157 Å². The van der Waals surface area contributed by atoms with Crippen molar-refractivity contribution in [2.75, 3.05) is 26.6 Å². The second-order valence-corrected chi connectivity index (χ2v) is 5.73. The Bertz CT molecular complexity index is 897. The van der Waals surface area contributed by atoms with E-state index in [-0.39, 0.29) is 5.91 Å².